The largest absolute Gasteiger partial charge is 0.497 e. The Balaban J connectivity index is 1.90. The normalized spacial score (nSPS) is 16.7. The standard InChI is InChI=1S/C18H26N2O3/c1-4-13(2)19-17(21)14-8-10-20(11-9-14)18(22)15-6-5-7-16(12-15)23-3/h5-7,12-14H,4,8-11H2,1-3H3,(H,19,21)/t13-/m0/s1. The van der Waals surface area contributed by atoms with E-state index >= 15 is 0 Å². The lowest BCUT2D eigenvalue weighted by Crippen LogP contribution is -2.44. The molecule has 0 saturated carbocycles. The van der Waals surface area contributed by atoms with E-state index in [0.717, 1.165) is 19.3 Å². The minimum absolute atomic E-state index is 0.00434. The molecule has 1 N–H and O–H groups in total. The number of hydrogen-bond donors (Lipinski definition) is 1. The lowest BCUT2D eigenvalue weighted by Gasteiger charge is -2.32. The summed E-state index contributed by atoms with van der Waals surface area (Å²) in [5, 5.41) is 3.03. The first-order valence-electron chi connectivity index (χ1n) is 8.28. The molecule has 1 aromatic carbocycles. The van der Waals surface area contributed by atoms with E-state index in [4.69, 9.17) is 4.74 Å². The van der Waals surface area contributed by atoms with Crippen LogP contribution in [-0.2, 0) is 4.79 Å². The molecule has 2 rings (SSSR count). The Bertz CT molecular complexity index is 551. The van der Waals surface area contributed by atoms with Crippen LogP contribution < -0.4 is 10.1 Å². The van der Waals surface area contributed by atoms with E-state index in [1.807, 2.05) is 24.0 Å². The summed E-state index contributed by atoms with van der Waals surface area (Å²) in [6.07, 6.45) is 2.37. The predicted octanol–water partition coefficient (Wildman–Crippen LogP) is 2.46. The Hall–Kier alpha value is -2.04. The number of nitrogens with zero attached hydrogens (tertiary/aromatic N) is 1. The summed E-state index contributed by atoms with van der Waals surface area (Å²) >= 11 is 0. The molecule has 1 heterocycles. The van der Waals surface area contributed by atoms with Crippen LogP contribution in [0.4, 0.5) is 0 Å². The van der Waals surface area contributed by atoms with Gasteiger partial charge in [-0.25, -0.2) is 0 Å². The number of hydrogen-bond acceptors (Lipinski definition) is 3. The van der Waals surface area contributed by atoms with Crippen molar-refractivity contribution < 1.29 is 14.3 Å². The SMILES string of the molecule is CC[C@H](C)NC(=O)C1CCN(C(=O)c2cccc(OC)c2)CC1. The van der Waals surface area contributed by atoms with Gasteiger partial charge < -0.3 is 15.0 Å². The molecule has 0 bridgehead atoms. The number of carbonyl (C=O) groups excluding carboxylic acids is 2. The molecule has 5 nitrogen and oxygen atoms in total. The number of methoxy groups -OCH3 is 1. The number of likely N-dealkylation sites (tertiary alicyclic amines) is 1. The van der Waals surface area contributed by atoms with Crippen LogP contribution in [0.2, 0.25) is 0 Å². The second-order valence-electron chi connectivity index (χ2n) is 6.12. The average molecular weight is 318 g/mol. The van der Waals surface area contributed by atoms with Gasteiger partial charge in [-0.1, -0.05) is 13.0 Å². The quantitative estimate of drug-likeness (QED) is 0.907. The van der Waals surface area contributed by atoms with Crippen LogP contribution in [0.3, 0.4) is 0 Å². The van der Waals surface area contributed by atoms with Crippen molar-refractivity contribution in [2.45, 2.75) is 39.2 Å². The van der Waals surface area contributed by atoms with Gasteiger partial charge in [-0.3, -0.25) is 9.59 Å². The van der Waals surface area contributed by atoms with Gasteiger partial charge in [-0.2, -0.15) is 0 Å². The molecular weight excluding hydrogens is 292 g/mol. The Kier molecular flexibility index (Phi) is 6.02. The van der Waals surface area contributed by atoms with Crippen molar-refractivity contribution in [3.05, 3.63) is 29.8 Å². The number of nitrogens with one attached hydrogen (secondary N) is 1. The first-order valence-corrected chi connectivity index (χ1v) is 8.28. The fourth-order valence-corrected chi connectivity index (χ4v) is 2.75. The maximum atomic E-state index is 12.5. The summed E-state index contributed by atoms with van der Waals surface area (Å²) in [6.45, 7) is 5.31. The molecule has 1 aliphatic heterocycles. The van der Waals surface area contributed by atoms with E-state index in [0.29, 0.717) is 24.4 Å². The molecule has 0 radical (unpaired) electrons. The van der Waals surface area contributed by atoms with E-state index in [2.05, 4.69) is 12.2 Å². The minimum atomic E-state index is 0.00434. The smallest absolute Gasteiger partial charge is 0.253 e. The van der Waals surface area contributed by atoms with Crippen molar-refractivity contribution in [2.75, 3.05) is 20.2 Å². The zero-order valence-electron chi connectivity index (χ0n) is 14.2. The third kappa shape index (κ3) is 4.47. The Labute approximate surface area is 138 Å². The summed E-state index contributed by atoms with van der Waals surface area (Å²) < 4.78 is 5.16. The van der Waals surface area contributed by atoms with E-state index in [9.17, 15) is 9.59 Å². The third-order valence-electron chi connectivity index (χ3n) is 4.47. The van der Waals surface area contributed by atoms with Crippen LogP contribution in [0.15, 0.2) is 24.3 Å². The molecular formula is C18H26N2O3. The van der Waals surface area contributed by atoms with Crippen molar-refractivity contribution >= 4 is 11.8 Å². The summed E-state index contributed by atoms with van der Waals surface area (Å²) in [7, 11) is 1.59. The molecule has 126 valence electrons. The first-order chi connectivity index (χ1) is 11.0. The number of benzene rings is 1. The second kappa shape index (κ2) is 7.99. The van der Waals surface area contributed by atoms with Crippen molar-refractivity contribution in [1.29, 1.82) is 0 Å². The van der Waals surface area contributed by atoms with E-state index in [1.165, 1.54) is 0 Å². The van der Waals surface area contributed by atoms with Gasteiger partial charge in [-0.05, 0) is 44.4 Å². The van der Waals surface area contributed by atoms with Gasteiger partial charge in [0.15, 0.2) is 0 Å². The van der Waals surface area contributed by atoms with Gasteiger partial charge in [0.2, 0.25) is 5.91 Å². The molecule has 1 atom stereocenters. The Morgan fingerprint density at radius 1 is 1.35 bits per heavy atom. The van der Waals surface area contributed by atoms with Crippen molar-refractivity contribution in [3.63, 3.8) is 0 Å². The van der Waals surface area contributed by atoms with E-state index in [-0.39, 0.29) is 23.8 Å². The number of piperidine rings is 1. The van der Waals surface area contributed by atoms with Crippen LogP contribution in [0.5, 0.6) is 5.75 Å². The summed E-state index contributed by atoms with van der Waals surface area (Å²) in [5.74, 6) is 0.814. The van der Waals surface area contributed by atoms with Crippen LogP contribution in [0.1, 0.15) is 43.5 Å². The van der Waals surface area contributed by atoms with E-state index < -0.39 is 0 Å². The molecule has 2 amide bonds. The Morgan fingerprint density at radius 3 is 2.65 bits per heavy atom. The summed E-state index contributed by atoms with van der Waals surface area (Å²) in [6, 6.07) is 7.40. The highest BCUT2D eigenvalue weighted by molar-refractivity contribution is 5.94. The minimum Gasteiger partial charge on any atom is -0.497 e. The van der Waals surface area contributed by atoms with Gasteiger partial charge in [0.05, 0.1) is 7.11 Å². The number of rotatable bonds is 5. The number of amides is 2. The molecule has 0 spiro atoms. The molecule has 1 saturated heterocycles. The molecule has 0 aromatic heterocycles. The summed E-state index contributed by atoms with van der Waals surface area (Å²) in [4.78, 5) is 26.5. The van der Waals surface area contributed by atoms with Gasteiger partial charge in [0.1, 0.15) is 5.75 Å². The van der Waals surface area contributed by atoms with Gasteiger partial charge in [0.25, 0.3) is 5.91 Å². The lowest BCUT2D eigenvalue weighted by molar-refractivity contribution is -0.126. The van der Waals surface area contributed by atoms with Crippen LogP contribution >= 0.6 is 0 Å². The average Bonchev–Trinajstić information content (AvgIpc) is 2.61. The predicted molar refractivity (Wildman–Crippen MR) is 89.5 cm³/mol. The van der Waals surface area contributed by atoms with Crippen molar-refractivity contribution in [1.82, 2.24) is 10.2 Å². The van der Waals surface area contributed by atoms with Gasteiger partial charge >= 0.3 is 0 Å². The highest BCUT2D eigenvalue weighted by Gasteiger charge is 2.28. The van der Waals surface area contributed by atoms with Crippen LogP contribution in [0, 0.1) is 5.92 Å². The monoisotopic (exact) mass is 318 g/mol. The maximum Gasteiger partial charge on any atom is 0.253 e. The zero-order chi connectivity index (χ0) is 16.8. The molecule has 5 heteroatoms. The second-order valence-corrected chi connectivity index (χ2v) is 6.12. The molecule has 1 fully saturated rings. The topological polar surface area (TPSA) is 58.6 Å². The number of carbonyl (C=O) groups is 2. The molecule has 1 aromatic rings. The third-order valence-corrected chi connectivity index (χ3v) is 4.47. The fourth-order valence-electron chi connectivity index (χ4n) is 2.75. The lowest BCUT2D eigenvalue weighted by atomic mass is 9.95. The summed E-state index contributed by atoms with van der Waals surface area (Å²) in [5.41, 5.74) is 0.631. The van der Waals surface area contributed by atoms with Crippen LogP contribution in [0.25, 0.3) is 0 Å². The number of ether oxygens (including phenoxy) is 1. The molecule has 23 heavy (non-hydrogen) atoms. The maximum absolute atomic E-state index is 12.5. The zero-order valence-corrected chi connectivity index (χ0v) is 14.2. The Morgan fingerprint density at radius 2 is 2.04 bits per heavy atom. The van der Waals surface area contributed by atoms with E-state index in [1.54, 1.807) is 19.2 Å². The van der Waals surface area contributed by atoms with Crippen LogP contribution in [-0.4, -0.2) is 43.0 Å². The van der Waals surface area contributed by atoms with Crippen molar-refractivity contribution in [3.8, 4) is 5.75 Å². The molecule has 0 aliphatic carbocycles. The highest BCUT2D eigenvalue weighted by atomic mass is 16.5. The highest BCUT2D eigenvalue weighted by Crippen LogP contribution is 2.21. The first kappa shape index (κ1) is 17.3. The van der Waals surface area contributed by atoms with Gasteiger partial charge in [0, 0.05) is 30.6 Å². The van der Waals surface area contributed by atoms with Crippen molar-refractivity contribution in [2.24, 2.45) is 5.92 Å². The fraction of sp³-hybridized carbons (Fsp3) is 0.556. The molecule has 1 aliphatic rings. The van der Waals surface area contributed by atoms with Gasteiger partial charge in [-0.15, -0.1) is 0 Å². The molecule has 0 unspecified atom stereocenters.